The van der Waals surface area contributed by atoms with Crippen LogP contribution in [0.2, 0.25) is 0 Å². The highest BCUT2D eigenvalue weighted by molar-refractivity contribution is 5.92. The molecule has 0 aliphatic carbocycles. The van der Waals surface area contributed by atoms with Crippen molar-refractivity contribution < 1.29 is 39.8 Å². The second kappa shape index (κ2) is 6.48. The van der Waals surface area contributed by atoms with E-state index in [0.29, 0.717) is 11.1 Å². The van der Waals surface area contributed by atoms with Gasteiger partial charge >= 0.3 is 0 Å². The SMILES string of the molecule is CC1c2cc(O)c(O)cc2Oc2cc(O)c3c(=O)c(O)c(-c4ccc(O)c(O)c4)oc3c21. The molecule has 162 valence electrons. The van der Waals surface area contributed by atoms with Crippen molar-refractivity contribution >= 4 is 11.0 Å². The molecule has 0 amide bonds. The summed E-state index contributed by atoms with van der Waals surface area (Å²) in [6.45, 7) is 1.76. The summed E-state index contributed by atoms with van der Waals surface area (Å²) in [5.41, 5.74) is 0.0223. The number of hydrogen-bond acceptors (Lipinski definition) is 9. The van der Waals surface area contributed by atoms with E-state index in [4.69, 9.17) is 9.15 Å². The molecule has 2 heterocycles. The van der Waals surface area contributed by atoms with E-state index in [2.05, 4.69) is 0 Å². The molecule has 9 nitrogen and oxygen atoms in total. The summed E-state index contributed by atoms with van der Waals surface area (Å²) in [6.07, 6.45) is 0. The summed E-state index contributed by atoms with van der Waals surface area (Å²) >= 11 is 0. The summed E-state index contributed by atoms with van der Waals surface area (Å²) in [6, 6.07) is 7.40. The van der Waals surface area contributed by atoms with Gasteiger partial charge in [-0.05, 0) is 24.3 Å². The van der Waals surface area contributed by atoms with E-state index >= 15 is 0 Å². The first-order chi connectivity index (χ1) is 15.2. The molecule has 0 radical (unpaired) electrons. The molecule has 0 fully saturated rings. The van der Waals surface area contributed by atoms with Crippen molar-refractivity contribution in [1.29, 1.82) is 0 Å². The number of aromatic hydroxyl groups is 6. The lowest BCUT2D eigenvalue weighted by atomic mass is 9.87. The molecular weight excluding hydrogens is 420 g/mol. The van der Waals surface area contributed by atoms with E-state index in [1.54, 1.807) is 6.92 Å². The first kappa shape index (κ1) is 19.4. The molecule has 1 aromatic heterocycles. The van der Waals surface area contributed by atoms with E-state index in [-0.39, 0.29) is 45.3 Å². The third kappa shape index (κ3) is 2.61. The van der Waals surface area contributed by atoms with E-state index < -0.39 is 34.3 Å². The molecule has 0 bridgehead atoms. The highest BCUT2D eigenvalue weighted by atomic mass is 16.5. The largest absolute Gasteiger partial charge is 0.507 e. The number of phenolic OH excluding ortho intramolecular Hbond substituents is 5. The Labute approximate surface area is 179 Å². The molecule has 32 heavy (non-hydrogen) atoms. The van der Waals surface area contributed by atoms with Crippen LogP contribution in [0.4, 0.5) is 0 Å². The molecule has 3 aromatic carbocycles. The fraction of sp³-hybridized carbons (Fsp3) is 0.0870. The van der Waals surface area contributed by atoms with Gasteiger partial charge in [-0.2, -0.15) is 0 Å². The Hall–Kier alpha value is -4.53. The minimum atomic E-state index is -0.902. The molecule has 1 aliphatic rings. The number of fused-ring (bicyclic) bond motifs is 4. The first-order valence-corrected chi connectivity index (χ1v) is 9.49. The zero-order valence-corrected chi connectivity index (χ0v) is 16.4. The summed E-state index contributed by atoms with van der Waals surface area (Å²) in [5.74, 6) is -3.25. The van der Waals surface area contributed by atoms with E-state index in [1.807, 2.05) is 0 Å². The van der Waals surface area contributed by atoms with Gasteiger partial charge in [0.25, 0.3) is 0 Å². The van der Waals surface area contributed by atoms with E-state index in [1.165, 1.54) is 30.3 Å². The number of ether oxygens (including phenoxy) is 1. The summed E-state index contributed by atoms with van der Waals surface area (Å²) in [5, 5.41) is 59.8. The lowest BCUT2D eigenvalue weighted by molar-refractivity contribution is 0.390. The Morgan fingerprint density at radius 2 is 1.44 bits per heavy atom. The van der Waals surface area contributed by atoms with Gasteiger partial charge in [0.2, 0.25) is 11.2 Å². The molecule has 0 saturated heterocycles. The smallest absolute Gasteiger partial charge is 0.238 e. The van der Waals surface area contributed by atoms with Crippen LogP contribution in [0.3, 0.4) is 0 Å². The Morgan fingerprint density at radius 1 is 0.781 bits per heavy atom. The molecular formula is C23H16O9. The van der Waals surface area contributed by atoms with Crippen LogP contribution in [0.5, 0.6) is 46.0 Å². The predicted molar refractivity (Wildman–Crippen MR) is 112 cm³/mol. The van der Waals surface area contributed by atoms with Crippen LogP contribution < -0.4 is 10.2 Å². The van der Waals surface area contributed by atoms with Crippen molar-refractivity contribution in [2.45, 2.75) is 12.8 Å². The maximum atomic E-state index is 12.9. The highest BCUT2D eigenvalue weighted by Gasteiger charge is 2.32. The van der Waals surface area contributed by atoms with Crippen molar-refractivity contribution in [3.05, 3.63) is 57.7 Å². The van der Waals surface area contributed by atoms with E-state index in [9.17, 15) is 35.4 Å². The zero-order valence-electron chi connectivity index (χ0n) is 16.4. The molecule has 9 heteroatoms. The summed E-state index contributed by atoms with van der Waals surface area (Å²) in [4.78, 5) is 12.9. The lowest BCUT2D eigenvalue weighted by Gasteiger charge is -2.27. The number of rotatable bonds is 1. The molecule has 0 saturated carbocycles. The summed E-state index contributed by atoms with van der Waals surface area (Å²) in [7, 11) is 0. The first-order valence-electron chi connectivity index (χ1n) is 9.49. The standard InChI is InChI=1S/C23H16O9/c1-8-10-5-13(26)14(27)6-16(10)31-17-7-15(28)19-20(29)21(30)22(32-23(19)18(8)17)9-2-3-11(24)12(25)4-9/h2-8,24-28,30H,1H3. The van der Waals surface area contributed by atoms with Gasteiger partial charge in [0.1, 0.15) is 28.2 Å². The predicted octanol–water partition coefficient (Wildman–Crippen LogP) is 3.95. The third-order valence-corrected chi connectivity index (χ3v) is 5.59. The van der Waals surface area contributed by atoms with Crippen molar-refractivity contribution in [2.24, 2.45) is 0 Å². The van der Waals surface area contributed by atoms with E-state index in [0.717, 1.165) is 6.07 Å². The fourth-order valence-corrected chi connectivity index (χ4v) is 3.96. The van der Waals surface area contributed by atoms with Crippen LogP contribution in [0.1, 0.15) is 24.0 Å². The van der Waals surface area contributed by atoms with Gasteiger partial charge in [0.05, 0.1) is 0 Å². The lowest BCUT2D eigenvalue weighted by Crippen LogP contribution is -2.11. The van der Waals surface area contributed by atoms with Crippen LogP contribution >= 0.6 is 0 Å². The van der Waals surface area contributed by atoms with Gasteiger partial charge in [0.15, 0.2) is 28.8 Å². The fourth-order valence-electron chi connectivity index (χ4n) is 3.96. The minimum absolute atomic E-state index is 0.0592. The van der Waals surface area contributed by atoms with Crippen LogP contribution in [0.25, 0.3) is 22.3 Å². The van der Waals surface area contributed by atoms with Gasteiger partial charge < -0.3 is 39.8 Å². The van der Waals surface area contributed by atoms with Crippen molar-refractivity contribution in [1.82, 2.24) is 0 Å². The minimum Gasteiger partial charge on any atom is -0.507 e. The molecule has 5 rings (SSSR count). The zero-order chi connectivity index (χ0) is 22.9. The van der Waals surface area contributed by atoms with Crippen molar-refractivity contribution in [3.63, 3.8) is 0 Å². The average molecular weight is 436 g/mol. The Kier molecular flexibility index (Phi) is 3.94. The topological polar surface area (TPSA) is 161 Å². The molecule has 4 aromatic rings. The van der Waals surface area contributed by atoms with Gasteiger partial charge in [-0.15, -0.1) is 0 Å². The van der Waals surface area contributed by atoms with Crippen LogP contribution in [-0.4, -0.2) is 30.6 Å². The number of hydrogen-bond donors (Lipinski definition) is 6. The molecule has 0 spiro atoms. The van der Waals surface area contributed by atoms with Crippen LogP contribution in [0.15, 0.2) is 45.6 Å². The normalized spacial score (nSPS) is 14.6. The molecule has 1 aliphatic heterocycles. The van der Waals surface area contributed by atoms with Gasteiger partial charge in [-0.1, -0.05) is 6.92 Å². The Bertz CT molecular complexity index is 1500. The second-order valence-electron chi connectivity index (χ2n) is 7.53. The maximum Gasteiger partial charge on any atom is 0.238 e. The molecule has 1 unspecified atom stereocenters. The Balaban J connectivity index is 1.84. The van der Waals surface area contributed by atoms with Gasteiger partial charge in [-0.3, -0.25) is 4.79 Å². The number of benzene rings is 3. The molecule has 6 N–H and O–H groups in total. The summed E-state index contributed by atoms with van der Waals surface area (Å²) < 4.78 is 11.7. The molecule has 1 atom stereocenters. The second-order valence-corrected chi connectivity index (χ2v) is 7.53. The monoisotopic (exact) mass is 436 g/mol. The third-order valence-electron chi connectivity index (χ3n) is 5.59. The van der Waals surface area contributed by atoms with Gasteiger partial charge in [0, 0.05) is 34.7 Å². The van der Waals surface area contributed by atoms with Gasteiger partial charge in [-0.25, -0.2) is 0 Å². The quantitative estimate of drug-likeness (QED) is 0.243. The van der Waals surface area contributed by atoms with Crippen LogP contribution in [0, 0.1) is 0 Å². The number of phenols is 5. The maximum absolute atomic E-state index is 12.9. The highest BCUT2D eigenvalue weighted by Crippen LogP contribution is 2.51. The average Bonchev–Trinajstić information content (AvgIpc) is 2.74. The van der Waals surface area contributed by atoms with Crippen LogP contribution in [-0.2, 0) is 0 Å². The van der Waals surface area contributed by atoms with Crippen molar-refractivity contribution in [3.8, 4) is 57.3 Å². The van der Waals surface area contributed by atoms with Crippen molar-refractivity contribution in [2.75, 3.05) is 0 Å². The Morgan fingerprint density at radius 3 is 2.16 bits per heavy atom.